The number of hydrogen-bond acceptors (Lipinski definition) is 5. The second kappa shape index (κ2) is 8.79. The summed E-state index contributed by atoms with van der Waals surface area (Å²) in [5.74, 6) is -1.53. The molecule has 0 fully saturated rings. The molecule has 2 aromatic carbocycles. The number of carbonyl (C=O) groups excluding carboxylic acids is 1. The van der Waals surface area contributed by atoms with Gasteiger partial charge in [0.2, 0.25) is 0 Å². The van der Waals surface area contributed by atoms with Crippen molar-refractivity contribution in [3.63, 3.8) is 0 Å². The zero-order valence-electron chi connectivity index (χ0n) is 18.5. The van der Waals surface area contributed by atoms with Gasteiger partial charge in [-0.05, 0) is 48.9 Å². The van der Waals surface area contributed by atoms with Crippen molar-refractivity contribution in [2.45, 2.75) is 13.5 Å². The summed E-state index contributed by atoms with van der Waals surface area (Å²) in [4.78, 5) is 51.2. The summed E-state index contributed by atoms with van der Waals surface area (Å²) in [5.41, 5.74) is -0.507. The molecular formula is C23H20ClFN4O5. The molecule has 0 unspecified atom stereocenters. The number of imidazole rings is 1. The van der Waals surface area contributed by atoms with Crippen LogP contribution < -0.4 is 16.9 Å². The average molecular weight is 487 g/mol. The summed E-state index contributed by atoms with van der Waals surface area (Å²) in [6.07, 6.45) is 1.11. The number of carbonyl (C=O) groups is 1. The topological polar surface area (TPSA) is 97.2 Å². The third kappa shape index (κ3) is 3.96. The number of hydrogen-bond donors (Lipinski definition) is 0. The van der Waals surface area contributed by atoms with Gasteiger partial charge in [-0.3, -0.25) is 23.1 Å². The van der Waals surface area contributed by atoms with Gasteiger partial charge in [0, 0.05) is 25.3 Å². The van der Waals surface area contributed by atoms with E-state index in [1.807, 2.05) is 0 Å². The van der Waals surface area contributed by atoms with Crippen LogP contribution in [0.5, 0.6) is 0 Å². The van der Waals surface area contributed by atoms with Crippen LogP contribution in [-0.4, -0.2) is 30.8 Å². The van der Waals surface area contributed by atoms with Crippen LogP contribution in [0.2, 0.25) is 5.02 Å². The number of aryl methyl sites for hydroxylation is 2. The Morgan fingerprint density at radius 3 is 2.38 bits per heavy atom. The lowest BCUT2D eigenvalue weighted by atomic mass is 10.2. The number of fused-ring (bicyclic) bond motifs is 1. The van der Waals surface area contributed by atoms with Crippen LogP contribution in [-0.2, 0) is 25.4 Å². The van der Waals surface area contributed by atoms with E-state index in [9.17, 15) is 23.6 Å². The van der Waals surface area contributed by atoms with Crippen LogP contribution in [0, 0.1) is 5.82 Å². The lowest BCUT2D eigenvalue weighted by Gasteiger charge is -2.13. The highest BCUT2D eigenvalue weighted by Gasteiger charge is 2.20. The van der Waals surface area contributed by atoms with Crippen molar-refractivity contribution in [1.82, 2.24) is 18.3 Å². The largest absolute Gasteiger partial charge is 0.462 e. The van der Waals surface area contributed by atoms with Gasteiger partial charge in [-0.25, -0.2) is 18.8 Å². The first-order chi connectivity index (χ1) is 16.1. The zero-order valence-corrected chi connectivity index (χ0v) is 19.3. The Hall–Kier alpha value is -3.92. The SMILES string of the molecule is CCOC(=O)c1cn(-c2ccc3c(c2)n(C)c(=O)n3C)c(=O)n(Cc2cc(F)cc(Cl)c2)c1=O. The van der Waals surface area contributed by atoms with Gasteiger partial charge in [0.05, 0.1) is 29.9 Å². The fraction of sp³-hybridized carbons (Fsp3) is 0.217. The molecule has 0 aliphatic carbocycles. The Morgan fingerprint density at radius 2 is 1.71 bits per heavy atom. The summed E-state index contributed by atoms with van der Waals surface area (Å²) >= 11 is 5.92. The number of ether oxygens (including phenoxy) is 1. The highest BCUT2D eigenvalue weighted by molar-refractivity contribution is 6.30. The van der Waals surface area contributed by atoms with Crippen LogP contribution in [0.1, 0.15) is 22.8 Å². The minimum atomic E-state index is -0.902. The average Bonchev–Trinajstić information content (AvgIpc) is 3.00. The van der Waals surface area contributed by atoms with Crippen LogP contribution in [0.15, 0.2) is 57.0 Å². The molecule has 4 aromatic rings. The van der Waals surface area contributed by atoms with Crippen molar-refractivity contribution in [2.24, 2.45) is 14.1 Å². The lowest BCUT2D eigenvalue weighted by molar-refractivity contribution is 0.0522. The van der Waals surface area contributed by atoms with Crippen molar-refractivity contribution < 1.29 is 13.9 Å². The molecule has 0 radical (unpaired) electrons. The second-order valence-corrected chi connectivity index (χ2v) is 8.09. The summed E-state index contributed by atoms with van der Waals surface area (Å²) in [6, 6.07) is 8.51. The van der Waals surface area contributed by atoms with Gasteiger partial charge in [0.1, 0.15) is 11.4 Å². The minimum absolute atomic E-state index is 0.0228. The number of aromatic nitrogens is 4. The van der Waals surface area contributed by atoms with E-state index in [0.29, 0.717) is 16.7 Å². The standard InChI is InChI=1S/C23H20ClFN4O5/c1-4-34-21(31)17-12-28(16-5-6-18-19(10-16)27(3)22(32)26(18)2)23(33)29(20(17)30)11-13-7-14(24)9-15(25)8-13/h5-10,12H,4,11H2,1-3H3. The molecule has 0 saturated carbocycles. The smallest absolute Gasteiger partial charge is 0.345 e. The Labute approximate surface area is 196 Å². The molecule has 0 aliphatic heterocycles. The normalized spacial score (nSPS) is 11.2. The summed E-state index contributed by atoms with van der Waals surface area (Å²) in [5, 5.41) is 0.0976. The second-order valence-electron chi connectivity index (χ2n) is 7.66. The van der Waals surface area contributed by atoms with Gasteiger partial charge in [0.15, 0.2) is 0 Å². The van der Waals surface area contributed by atoms with E-state index in [1.54, 1.807) is 39.2 Å². The molecule has 34 heavy (non-hydrogen) atoms. The molecule has 4 rings (SSSR count). The molecule has 176 valence electrons. The van der Waals surface area contributed by atoms with Crippen LogP contribution in [0.25, 0.3) is 16.7 Å². The van der Waals surface area contributed by atoms with E-state index in [-0.39, 0.29) is 35.0 Å². The molecule has 0 spiro atoms. The minimum Gasteiger partial charge on any atom is -0.462 e. The zero-order chi connectivity index (χ0) is 24.7. The first-order valence-electron chi connectivity index (χ1n) is 10.3. The Balaban J connectivity index is 1.97. The highest BCUT2D eigenvalue weighted by Crippen LogP contribution is 2.17. The number of benzene rings is 2. The van der Waals surface area contributed by atoms with Gasteiger partial charge < -0.3 is 4.74 Å². The maximum absolute atomic E-state index is 13.8. The van der Waals surface area contributed by atoms with Gasteiger partial charge in [-0.2, -0.15) is 0 Å². The van der Waals surface area contributed by atoms with Crippen LogP contribution >= 0.6 is 11.6 Å². The number of esters is 1. The molecule has 0 atom stereocenters. The van der Waals surface area contributed by atoms with E-state index in [1.165, 1.54) is 15.2 Å². The molecule has 11 heteroatoms. The molecule has 0 N–H and O–H groups in total. The molecule has 0 saturated heterocycles. The van der Waals surface area contributed by atoms with Crippen molar-refractivity contribution in [1.29, 1.82) is 0 Å². The van der Waals surface area contributed by atoms with Gasteiger partial charge >= 0.3 is 17.3 Å². The van der Waals surface area contributed by atoms with Crippen molar-refractivity contribution in [3.05, 3.63) is 95.9 Å². The highest BCUT2D eigenvalue weighted by atomic mass is 35.5. The van der Waals surface area contributed by atoms with Gasteiger partial charge in [0.25, 0.3) is 5.56 Å². The predicted octanol–water partition coefficient (Wildman–Crippen LogP) is 2.21. The Bertz CT molecular complexity index is 1610. The number of halogens is 2. The Morgan fingerprint density at radius 1 is 1.00 bits per heavy atom. The molecule has 9 nitrogen and oxygen atoms in total. The first-order valence-corrected chi connectivity index (χ1v) is 10.6. The monoisotopic (exact) mass is 486 g/mol. The summed E-state index contributed by atoms with van der Waals surface area (Å²) < 4.78 is 23.6. The number of nitrogens with zero attached hydrogens (tertiary/aromatic N) is 4. The molecule has 0 aliphatic rings. The summed E-state index contributed by atoms with van der Waals surface area (Å²) in [7, 11) is 3.22. The van der Waals surface area contributed by atoms with Gasteiger partial charge in [-0.15, -0.1) is 0 Å². The van der Waals surface area contributed by atoms with Crippen molar-refractivity contribution in [3.8, 4) is 5.69 Å². The van der Waals surface area contributed by atoms with E-state index in [2.05, 4.69) is 0 Å². The maximum atomic E-state index is 13.8. The molecule has 2 heterocycles. The van der Waals surface area contributed by atoms with E-state index in [0.717, 1.165) is 27.5 Å². The molecule has 0 amide bonds. The van der Waals surface area contributed by atoms with Crippen LogP contribution in [0.3, 0.4) is 0 Å². The fourth-order valence-electron chi connectivity index (χ4n) is 3.80. The summed E-state index contributed by atoms with van der Waals surface area (Å²) in [6.45, 7) is 1.29. The number of rotatable bonds is 5. The fourth-order valence-corrected chi connectivity index (χ4v) is 4.05. The van der Waals surface area contributed by atoms with E-state index < -0.39 is 23.0 Å². The first kappa shape index (κ1) is 23.2. The third-order valence-electron chi connectivity index (χ3n) is 5.46. The molecule has 0 bridgehead atoms. The van der Waals surface area contributed by atoms with E-state index >= 15 is 0 Å². The quantitative estimate of drug-likeness (QED) is 0.403. The maximum Gasteiger partial charge on any atom is 0.345 e. The van der Waals surface area contributed by atoms with Crippen molar-refractivity contribution >= 4 is 28.6 Å². The van der Waals surface area contributed by atoms with E-state index in [4.69, 9.17) is 16.3 Å². The third-order valence-corrected chi connectivity index (χ3v) is 5.68. The lowest BCUT2D eigenvalue weighted by Crippen LogP contribution is -2.42. The molecule has 2 aromatic heterocycles. The van der Waals surface area contributed by atoms with Crippen molar-refractivity contribution in [2.75, 3.05) is 6.61 Å². The molecular weight excluding hydrogens is 467 g/mol. The predicted molar refractivity (Wildman–Crippen MR) is 124 cm³/mol. The van der Waals surface area contributed by atoms with Crippen LogP contribution in [0.4, 0.5) is 4.39 Å². The van der Waals surface area contributed by atoms with Gasteiger partial charge in [-0.1, -0.05) is 11.6 Å². The Kier molecular flexibility index (Phi) is 6.01.